The van der Waals surface area contributed by atoms with E-state index < -0.39 is 5.91 Å². The van der Waals surface area contributed by atoms with Crippen LogP contribution in [-0.4, -0.2) is 30.9 Å². The maximum Gasteiger partial charge on any atom is 0.246 e. The van der Waals surface area contributed by atoms with Gasteiger partial charge >= 0.3 is 0 Å². The van der Waals surface area contributed by atoms with E-state index in [-0.39, 0.29) is 24.9 Å². The number of benzene rings is 3. The molecule has 38 heavy (non-hydrogen) atoms. The molecule has 2 amide bonds. The highest BCUT2D eigenvalue weighted by atomic mass is 35.5. The average molecular weight is 550 g/mol. The third-order valence-corrected chi connectivity index (χ3v) is 7.28. The second-order valence-electron chi connectivity index (χ2n) is 9.55. The van der Waals surface area contributed by atoms with E-state index in [1.165, 1.54) is 6.42 Å². The molecule has 6 nitrogen and oxygen atoms in total. The molecule has 0 radical (unpaired) electrons. The highest BCUT2D eigenvalue weighted by Crippen LogP contribution is 2.32. The molecule has 3 aromatic rings. The van der Waals surface area contributed by atoms with Gasteiger partial charge in [0.1, 0.15) is 0 Å². The molecule has 0 bridgehead atoms. The van der Waals surface area contributed by atoms with Crippen molar-refractivity contribution in [3.8, 4) is 17.2 Å². The normalized spacial score (nSPS) is 13.7. The topological polar surface area (TPSA) is 85.2 Å². The number of halogens is 2. The molecule has 4 rings (SSSR count). The lowest BCUT2D eigenvalue weighted by molar-refractivity contribution is -0.129. The fraction of sp³-hybridized carbons (Fsp3) is 0.300. The van der Waals surface area contributed by atoms with Gasteiger partial charge in [-0.3, -0.25) is 14.9 Å². The molecule has 8 heteroatoms. The number of carbonyl (C=O) groups excluding carboxylic acids is 2. The number of hydrogen-bond donors (Lipinski definition) is 2. The van der Waals surface area contributed by atoms with E-state index in [0.717, 1.165) is 29.5 Å². The highest BCUT2D eigenvalue weighted by molar-refractivity contribution is 6.35. The molecule has 1 saturated carbocycles. The summed E-state index contributed by atoms with van der Waals surface area (Å²) in [6.45, 7) is 2.49. The SMILES string of the molecule is C[C@@H](c1ccc(-c2cccc(C#N)c2)cc1)N(CC(=O)NC(=O)CCNC1CCC1)c1cc(Cl)cc(Cl)c1. The fourth-order valence-electron chi connectivity index (χ4n) is 4.47. The predicted molar refractivity (Wildman–Crippen MR) is 152 cm³/mol. The van der Waals surface area contributed by atoms with Gasteiger partial charge in [0.2, 0.25) is 11.8 Å². The molecule has 0 heterocycles. The lowest BCUT2D eigenvalue weighted by atomic mass is 9.93. The first kappa shape index (κ1) is 27.7. The smallest absolute Gasteiger partial charge is 0.246 e. The molecule has 1 aliphatic rings. The maximum atomic E-state index is 12.9. The van der Waals surface area contributed by atoms with Crippen molar-refractivity contribution in [3.63, 3.8) is 0 Å². The first-order chi connectivity index (χ1) is 18.3. The van der Waals surface area contributed by atoms with E-state index in [0.29, 0.717) is 33.9 Å². The number of amides is 2. The van der Waals surface area contributed by atoms with E-state index in [2.05, 4.69) is 16.7 Å². The minimum absolute atomic E-state index is 0.0500. The Morgan fingerprint density at radius 2 is 1.71 bits per heavy atom. The number of nitrogens with one attached hydrogen (secondary N) is 2. The summed E-state index contributed by atoms with van der Waals surface area (Å²) in [5.74, 6) is -0.700. The van der Waals surface area contributed by atoms with Crippen molar-refractivity contribution in [2.75, 3.05) is 18.0 Å². The van der Waals surface area contributed by atoms with Crippen molar-refractivity contribution in [3.05, 3.63) is 87.9 Å². The van der Waals surface area contributed by atoms with E-state index in [1.54, 1.807) is 24.3 Å². The van der Waals surface area contributed by atoms with Crippen LogP contribution >= 0.6 is 23.2 Å². The standard InChI is InChI=1S/C30H30Cl2N4O2/c1-20(22-8-10-23(11-9-22)24-5-2-4-21(14-24)18-33)36(28-16-25(31)15-26(32)17-28)19-30(38)35-29(37)12-13-34-27-6-3-7-27/h2,4-5,8-11,14-17,20,27,34H,3,6-7,12-13,19H2,1H3,(H,35,37,38)/t20-/m0/s1. The molecule has 0 aliphatic heterocycles. The lowest BCUT2D eigenvalue weighted by Gasteiger charge is -2.31. The Morgan fingerprint density at radius 3 is 2.34 bits per heavy atom. The summed E-state index contributed by atoms with van der Waals surface area (Å²) in [6.07, 6.45) is 3.75. The Labute approximate surface area is 233 Å². The molecule has 1 atom stereocenters. The van der Waals surface area contributed by atoms with Crippen LogP contribution in [0, 0.1) is 11.3 Å². The number of rotatable bonds is 10. The largest absolute Gasteiger partial charge is 0.355 e. The van der Waals surface area contributed by atoms with Gasteiger partial charge in [-0.05, 0) is 66.8 Å². The fourth-order valence-corrected chi connectivity index (χ4v) is 4.99. The zero-order chi connectivity index (χ0) is 27.1. The van der Waals surface area contributed by atoms with Gasteiger partial charge in [-0.2, -0.15) is 5.26 Å². The van der Waals surface area contributed by atoms with Gasteiger partial charge in [0.05, 0.1) is 24.2 Å². The van der Waals surface area contributed by atoms with E-state index in [1.807, 2.05) is 54.3 Å². The minimum Gasteiger partial charge on any atom is -0.355 e. The number of anilines is 1. The molecule has 3 aromatic carbocycles. The van der Waals surface area contributed by atoms with Gasteiger partial charge < -0.3 is 10.2 Å². The molecule has 1 aliphatic carbocycles. The Bertz CT molecular complexity index is 1310. The second-order valence-corrected chi connectivity index (χ2v) is 10.4. The first-order valence-corrected chi connectivity index (χ1v) is 13.5. The monoisotopic (exact) mass is 548 g/mol. The second kappa shape index (κ2) is 12.9. The number of nitrogens with zero attached hydrogens (tertiary/aromatic N) is 2. The third kappa shape index (κ3) is 7.35. The quantitative estimate of drug-likeness (QED) is 0.311. The van der Waals surface area contributed by atoms with Crippen LogP contribution in [0.25, 0.3) is 11.1 Å². The number of hydrogen-bond acceptors (Lipinski definition) is 5. The van der Waals surface area contributed by atoms with Crippen molar-refractivity contribution >= 4 is 40.7 Å². The van der Waals surface area contributed by atoms with Crippen molar-refractivity contribution in [1.29, 1.82) is 5.26 Å². The Kier molecular flexibility index (Phi) is 9.41. The van der Waals surface area contributed by atoms with Gasteiger partial charge in [-0.1, -0.05) is 66.0 Å². The van der Waals surface area contributed by atoms with Crippen molar-refractivity contribution in [1.82, 2.24) is 10.6 Å². The van der Waals surface area contributed by atoms with Gasteiger partial charge in [0.15, 0.2) is 0 Å². The predicted octanol–water partition coefficient (Wildman–Crippen LogP) is 6.27. The van der Waals surface area contributed by atoms with Gasteiger partial charge in [-0.15, -0.1) is 0 Å². The Hall–Kier alpha value is -3.37. The molecule has 1 fully saturated rings. The number of nitriles is 1. The molecule has 2 N–H and O–H groups in total. The van der Waals surface area contributed by atoms with Crippen LogP contribution in [0.3, 0.4) is 0 Å². The van der Waals surface area contributed by atoms with Crippen LogP contribution in [0.15, 0.2) is 66.7 Å². The molecule has 196 valence electrons. The summed E-state index contributed by atoms with van der Waals surface area (Å²) < 4.78 is 0. The minimum atomic E-state index is -0.397. The van der Waals surface area contributed by atoms with Crippen LogP contribution in [0.1, 0.15) is 49.8 Å². The molecule has 0 spiro atoms. The van der Waals surface area contributed by atoms with E-state index in [4.69, 9.17) is 23.2 Å². The van der Waals surface area contributed by atoms with E-state index >= 15 is 0 Å². The van der Waals surface area contributed by atoms with Crippen LogP contribution in [0.2, 0.25) is 10.0 Å². The van der Waals surface area contributed by atoms with Gasteiger partial charge in [0, 0.05) is 34.7 Å². The van der Waals surface area contributed by atoms with Gasteiger partial charge in [-0.25, -0.2) is 0 Å². The van der Waals surface area contributed by atoms with Crippen LogP contribution in [0.5, 0.6) is 0 Å². The Morgan fingerprint density at radius 1 is 1.00 bits per heavy atom. The first-order valence-electron chi connectivity index (χ1n) is 12.7. The van der Waals surface area contributed by atoms with Crippen LogP contribution in [0.4, 0.5) is 5.69 Å². The molecular weight excluding hydrogens is 519 g/mol. The van der Waals surface area contributed by atoms with Crippen molar-refractivity contribution in [2.45, 2.75) is 44.7 Å². The average Bonchev–Trinajstić information content (AvgIpc) is 2.88. The van der Waals surface area contributed by atoms with Crippen molar-refractivity contribution in [2.24, 2.45) is 0 Å². The molecule has 0 unspecified atom stereocenters. The van der Waals surface area contributed by atoms with Crippen molar-refractivity contribution < 1.29 is 9.59 Å². The summed E-state index contributed by atoms with van der Waals surface area (Å²) >= 11 is 12.6. The van der Waals surface area contributed by atoms with E-state index in [9.17, 15) is 14.9 Å². The maximum absolute atomic E-state index is 12.9. The summed E-state index contributed by atoms with van der Waals surface area (Å²) in [5.41, 5.74) is 4.17. The highest BCUT2D eigenvalue weighted by Gasteiger charge is 2.22. The third-order valence-electron chi connectivity index (χ3n) is 6.85. The lowest BCUT2D eigenvalue weighted by Crippen LogP contribution is -2.43. The number of carbonyl (C=O) groups is 2. The summed E-state index contributed by atoms with van der Waals surface area (Å²) in [7, 11) is 0. The number of imide groups is 1. The summed E-state index contributed by atoms with van der Waals surface area (Å²) in [5, 5.41) is 16.0. The van der Waals surface area contributed by atoms with Crippen LogP contribution < -0.4 is 15.5 Å². The summed E-state index contributed by atoms with van der Waals surface area (Å²) in [4.78, 5) is 27.2. The van der Waals surface area contributed by atoms with Gasteiger partial charge in [0.25, 0.3) is 0 Å². The zero-order valence-corrected chi connectivity index (χ0v) is 22.7. The van der Waals surface area contributed by atoms with Crippen LogP contribution in [-0.2, 0) is 9.59 Å². The molecule has 0 saturated heterocycles. The molecular formula is C30H30Cl2N4O2. The zero-order valence-electron chi connectivity index (χ0n) is 21.2. The Balaban J connectivity index is 1.49. The molecule has 0 aromatic heterocycles. The summed E-state index contributed by atoms with van der Waals surface area (Å²) in [6, 6.07) is 23.0.